The summed E-state index contributed by atoms with van der Waals surface area (Å²) in [6, 6.07) is 18.4. The number of amides is 1. The van der Waals surface area contributed by atoms with Gasteiger partial charge in [-0.3, -0.25) is 14.6 Å². The van der Waals surface area contributed by atoms with Crippen molar-refractivity contribution < 1.29 is 4.79 Å². The zero-order chi connectivity index (χ0) is 18.8. The normalized spacial score (nSPS) is 12.2. The van der Waals surface area contributed by atoms with E-state index < -0.39 is 0 Å². The highest BCUT2D eigenvalue weighted by atomic mass is 16.2. The van der Waals surface area contributed by atoms with E-state index in [-0.39, 0.29) is 23.9 Å². The molecule has 2 heterocycles. The molecular formula is C22H19N3O2. The number of fused-ring (bicyclic) bond motifs is 2. The maximum Gasteiger partial charge on any atom is 0.240 e. The van der Waals surface area contributed by atoms with Gasteiger partial charge in [-0.15, -0.1) is 0 Å². The van der Waals surface area contributed by atoms with Gasteiger partial charge in [-0.2, -0.15) is 0 Å². The Hall–Kier alpha value is -3.47. The lowest BCUT2D eigenvalue weighted by atomic mass is 10.1. The van der Waals surface area contributed by atoms with Crippen LogP contribution >= 0.6 is 0 Å². The van der Waals surface area contributed by atoms with E-state index in [4.69, 9.17) is 0 Å². The molecule has 0 spiro atoms. The average molecular weight is 357 g/mol. The summed E-state index contributed by atoms with van der Waals surface area (Å²) in [7, 11) is 0. The fourth-order valence-corrected chi connectivity index (χ4v) is 3.41. The SMILES string of the molecule is CC(NC(=O)Cn1c2ccccc2c(=O)c2ccccc21)c1ccncc1. The Labute approximate surface area is 156 Å². The van der Waals surface area contributed by atoms with Gasteiger partial charge in [-0.05, 0) is 48.9 Å². The van der Waals surface area contributed by atoms with Crippen LogP contribution in [-0.4, -0.2) is 15.5 Å². The lowest BCUT2D eigenvalue weighted by Crippen LogP contribution is -2.30. The molecule has 4 aromatic rings. The molecule has 2 aromatic heterocycles. The van der Waals surface area contributed by atoms with Gasteiger partial charge < -0.3 is 9.88 Å². The zero-order valence-corrected chi connectivity index (χ0v) is 14.9. The highest BCUT2D eigenvalue weighted by Gasteiger charge is 2.14. The second-order valence-corrected chi connectivity index (χ2v) is 6.52. The predicted molar refractivity (Wildman–Crippen MR) is 107 cm³/mol. The third-order valence-electron chi connectivity index (χ3n) is 4.76. The largest absolute Gasteiger partial charge is 0.348 e. The summed E-state index contributed by atoms with van der Waals surface area (Å²) in [6.45, 7) is 2.07. The molecule has 1 atom stereocenters. The van der Waals surface area contributed by atoms with E-state index in [0.717, 1.165) is 16.6 Å². The number of benzene rings is 2. The summed E-state index contributed by atoms with van der Waals surface area (Å²) < 4.78 is 1.90. The number of carbonyl (C=O) groups is 1. The van der Waals surface area contributed by atoms with E-state index in [1.807, 2.05) is 60.0 Å². The molecule has 4 rings (SSSR count). The maximum absolute atomic E-state index is 12.8. The molecule has 0 aliphatic heterocycles. The third-order valence-corrected chi connectivity index (χ3v) is 4.76. The molecule has 0 aliphatic rings. The molecule has 0 fully saturated rings. The number of nitrogens with zero attached hydrogens (tertiary/aromatic N) is 2. The number of rotatable bonds is 4. The van der Waals surface area contributed by atoms with Gasteiger partial charge in [0.15, 0.2) is 5.43 Å². The fraction of sp³-hybridized carbons (Fsp3) is 0.136. The van der Waals surface area contributed by atoms with Crippen molar-refractivity contribution in [2.75, 3.05) is 0 Å². The van der Waals surface area contributed by atoms with Gasteiger partial charge in [-0.25, -0.2) is 0 Å². The average Bonchev–Trinajstić information content (AvgIpc) is 2.72. The molecule has 2 aromatic carbocycles. The van der Waals surface area contributed by atoms with E-state index in [0.29, 0.717) is 10.8 Å². The highest BCUT2D eigenvalue weighted by Crippen LogP contribution is 2.19. The third kappa shape index (κ3) is 3.19. The fourth-order valence-electron chi connectivity index (χ4n) is 3.41. The van der Waals surface area contributed by atoms with Crippen LogP contribution in [0.15, 0.2) is 77.9 Å². The molecule has 5 heteroatoms. The van der Waals surface area contributed by atoms with Crippen molar-refractivity contribution in [1.29, 1.82) is 0 Å². The lowest BCUT2D eigenvalue weighted by Gasteiger charge is -2.18. The van der Waals surface area contributed by atoms with Gasteiger partial charge in [-0.1, -0.05) is 24.3 Å². The van der Waals surface area contributed by atoms with Crippen LogP contribution < -0.4 is 10.7 Å². The minimum Gasteiger partial charge on any atom is -0.348 e. The lowest BCUT2D eigenvalue weighted by molar-refractivity contribution is -0.122. The minimum absolute atomic E-state index is 0.0111. The van der Waals surface area contributed by atoms with Crippen LogP contribution in [0.2, 0.25) is 0 Å². The number of pyridine rings is 2. The number of nitrogens with one attached hydrogen (secondary N) is 1. The number of hydrogen-bond donors (Lipinski definition) is 1. The molecule has 1 unspecified atom stereocenters. The summed E-state index contributed by atoms with van der Waals surface area (Å²) in [4.78, 5) is 29.5. The molecule has 0 saturated carbocycles. The van der Waals surface area contributed by atoms with Gasteiger partial charge >= 0.3 is 0 Å². The summed E-state index contributed by atoms with van der Waals surface area (Å²) in [5, 5.41) is 4.26. The van der Waals surface area contributed by atoms with Crippen molar-refractivity contribution in [3.8, 4) is 0 Å². The van der Waals surface area contributed by atoms with E-state index in [9.17, 15) is 9.59 Å². The van der Waals surface area contributed by atoms with Crippen molar-refractivity contribution >= 4 is 27.7 Å². The Balaban J connectivity index is 1.73. The van der Waals surface area contributed by atoms with Gasteiger partial charge in [0.2, 0.25) is 5.91 Å². The molecule has 27 heavy (non-hydrogen) atoms. The molecule has 1 N–H and O–H groups in total. The van der Waals surface area contributed by atoms with E-state index in [2.05, 4.69) is 10.3 Å². The Bertz CT molecular complexity index is 1120. The van der Waals surface area contributed by atoms with Gasteiger partial charge in [0.25, 0.3) is 0 Å². The Morgan fingerprint density at radius 3 is 2.11 bits per heavy atom. The first-order valence-corrected chi connectivity index (χ1v) is 8.85. The summed E-state index contributed by atoms with van der Waals surface area (Å²) in [5.41, 5.74) is 2.50. The van der Waals surface area contributed by atoms with Crippen molar-refractivity contribution in [2.45, 2.75) is 19.5 Å². The molecule has 0 aliphatic carbocycles. The second kappa shape index (κ2) is 7.03. The number of hydrogen-bond acceptors (Lipinski definition) is 3. The van der Waals surface area contributed by atoms with Crippen LogP contribution in [0.5, 0.6) is 0 Å². The van der Waals surface area contributed by atoms with E-state index >= 15 is 0 Å². The standard InChI is InChI=1S/C22H19N3O2/c1-15(16-10-12-23-13-11-16)24-21(26)14-25-19-8-4-2-6-17(19)22(27)18-7-3-5-9-20(18)25/h2-13,15H,14H2,1H3,(H,24,26). The molecule has 1 amide bonds. The van der Waals surface area contributed by atoms with Gasteiger partial charge in [0.1, 0.15) is 6.54 Å². The molecule has 5 nitrogen and oxygen atoms in total. The Morgan fingerprint density at radius 1 is 0.963 bits per heavy atom. The first-order chi connectivity index (χ1) is 13.1. The maximum atomic E-state index is 12.8. The first-order valence-electron chi connectivity index (χ1n) is 8.85. The smallest absolute Gasteiger partial charge is 0.240 e. The molecule has 134 valence electrons. The Morgan fingerprint density at radius 2 is 1.52 bits per heavy atom. The van der Waals surface area contributed by atoms with Crippen LogP contribution in [0, 0.1) is 0 Å². The molecule has 0 bridgehead atoms. The van der Waals surface area contributed by atoms with Crippen LogP contribution in [0.25, 0.3) is 21.8 Å². The van der Waals surface area contributed by atoms with Gasteiger partial charge in [0.05, 0.1) is 17.1 Å². The zero-order valence-electron chi connectivity index (χ0n) is 14.9. The van der Waals surface area contributed by atoms with Crippen LogP contribution in [0.1, 0.15) is 18.5 Å². The predicted octanol–water partition coefficient (Wildman–Crippen LogP) is 3.43. The first kappa shape index (κ1) is 17.0. The van der Waals surface area contributed by atoms with Gasteiger partial charge in [0, 0.05) is 23.2 Å². The molecule has 0 saturated heterocycles. The van der Waals surface area contributed by atoms with Crippen LogP contribution in [0.3, 0.4) is 0 Å². The van der Waals surface area contributed by atoms with Crippen molar-refractivity contribution in [3.63, 3.8) is 0 Å². The second-order valence-electron chi connectivity index (χ2n) is 6.52. The van der Waals surface area contributed by atoms with Crippen molar-refractivity contribution in [2.24, 2.45) is 0 Å². The van der Waals surface area contributed by atoms with Crippen LogP contribution in [0.4, 0.5) is 0 Å². The topological polar surface area (TPSA) is 64.0 Å². The highest BCUT2D eigenvalue weighted by molar-refractivity contribution is 5.94. The monoisotopic (exact) mass is 357 g/mol. The van der Waals surface area contributed by atoms with Crippen molar-refractivity contribution in [1.82, 2.24) is 14.9 Å². The molecular weight excluding hydrogens is 338 g/mol. The number of aromatic nitrogens is 2. The number of carbonyl (C=O) groups excluding carboxylic acids is 1. The molecule has 0 radical (unpaired) electrons. The van der Waals surface area contributed by atoms with E-state index in [1.165, 1.54) is 0 Å². The Kier molecular flexibility index (Phi) is 4.42. The quantitative estimate of drug-likeness (QED) is 0.569. The van der Waals surface area contributed by atoms with E-state index in [1.54, 1.807) is 24.5 Å². The van der Waals surface area contributed by atoms with Crippen molar-refractivity contribution in [3.05, 3.63) is 88.8 Å². The number of para-hydroxylation sites is 2. The summed E-state index contributed by atoms with van der Waals surface area (Å²) in [5.74, 6) is -0.113. The van der Waals surface area contributed by atoms with Crippen LogP contribution in [-0.2, 0) is 11.3 Å². The minimum atomic E-state index is -0.127. The summed E-state index contributed by atoms with van der Waals surface area (Å²) >= 11 is 0. The summed E-state index contributed by atoms with van der Waals surface area (Å²) in [6.07, 6.45) is 3.42.